The summed E-state index contributed by atoms with van der Waals surface area (Å²) in [6.45, 7) is 0.558. The van der Waals surface area contributed by atoms with Gasteiger partial charge in [-0.1, -0.05) is 11.3 Å². The van der Waals surface area contributed by atoms with Crippen LogP contribution in [0.1, 0.15) is 11.4 Å². The van der Waals surface area contributed by atoms with Gasteiger partial charge in [0.25, 0.3) is 0 Å². The second-order valence-electron chi connectivity index (χ2n) is 3.95. The van der Waals surface area contributed by atoms with Crippen LogP contribution in [0.15, 0.2) is 27.6 Å². The number of aromatic nitrogens is 4. The first-order chi connectivity index (χ1) is 9.53. The lowest BCUT2D eigenvalue weighted by molar-refractivity contribution is 0.578. The molecule has 0 aliphatic rings. The maximum atomic E-state index is 12.3. The predicted octanol–water partition coefficient (Wildman–Crippen LogP) is 0.160. The summed E-state index contributed by atoms with van der Waals surface area (Å²) >= 11 is 3.25. The Morgan fingerprint density at radius 2 is 2.15 bits per heavy atom. The van der Waals surface area contributed by atoms with Gasteiger partial charge in [-0.25, -0.2) is 13.1 Å². The van der Waals surface area contributed by atoms with Gasteiger partial charge in [0.2, 0.25) is 10.0 Å². The molecule has 0 unspecified atom stereocenters. The fourth-order valence-electron chi connectivity index (χ4n) is 1.56. The summed E-state index contributed by atoms with van der Waals surface area (Å²) in [5.41, 5.74) is 0.871. The molecule has 0 fully saturated rings. The number of aromatic amines is 1. The first kappa shape index (κ1) is 15.0. The van der Waals surface area contributed by atoms with Gasteiger partial charge in [0.05, 0.1) is 11.4 Å². The van der Waals surface area contributed by atoms with Gasteiger partial charge >= 0.3 is 0 Å². The Balaban J connectivity index is 2.21. The Bertz CT molecular complexity index is 673. The molecule has 1 aromatic heterocycles. The minimum Gasteiger partial charge on any atom is -0.316 e. The van der Waals surface area contributed by atoms with E-state index in [0.717, 1.165) is 5.56 Å². The van der Waals surface area contributed by atoms with Crippen molar-refractivity contribution in [1.82, 2.24) is 30.7 Å². The zero-order valence-electron chi connectivity index (χ0n) is 10.6. The van der Waals surface area contributed by atoms with Crippen molar-refractivity contribution in [2.24, 2.45) is 0 Å². The van der Waals surface area contributed by atoms with Crippen LogP contribution in [0, 0.1) is 0 Å². The Morgan fingerprint density at radius 3 is 2.80 bits per heavy atom. The van der Waals surface area contributed by atoms with Crippen molar-refractivity contribution in [3.63, 3.8) is 0 Å². The molecule has 0 radical (unpaired) electrons. The molecule has 10 heteroatoms. The Hall–Kier alpha value is -1.36. The molecule has 1 heterocycles. The highest BCUT2D eigenvalue weighted by Crippen LogP contribution is 2.23. The summed E-state index contributed by atoms with van der Waals surface area (Å²) < 4.78 is 27.4. The molecule has 0 bridgehead atoms. The first-order valence-electron chi connectivity index (χ1n) is 5.68. The minimum absolute atomic E-state index is 0.0263. The van der Waals surface area contributed by atoms with Crippen LogP contribution in [-0.4, -0.2) is 36.1 Å². The third-order valence-electron chi connectivity index (χ3n) is 2.48. The summed E-state index contributed by atoms with van der Waals surface area (Å²) in [5.74, 6) is 0.274. The van der Waals surface area contributed by atoms with E-state index >= 15 is 0 Å². The highest BCUT2D eigenvalue weighted by Gasteiger charge is 2.18. The van der Waals surface area contributed by atoms with Gasteiger partial charge in [-0.3, -0.25) is 0 Å². The molecular weight excluding hydrogens is 348 g/mol. The zero-order valence-corrected chi connectivity index (χ0v) is 13.0. The maximum Gasteiger partial charge on any atom is 0.242 e. The van der Waals surface area contributed by atoms with Gasteiger partial charge in [-0.05, 0) is 40.7 Å². The largest absolute Gasteiger partial charge is 0.316 e. The Labute approximate surface area is 124 Å². The van der Waals surface area contributed by atoms with Crippen LogP contribution < -0.4 is 10.0 Å². The van der Waals surface area contributed by atoms with Crippen LogP contribution in [0.3, 0.4) is 0 Å². The Morgan fingerprint density at radius 1 is 1.35 bits per heavy atom. The number of hydrogen-bond donors (Lipinski definition) is 3. The number of rotatable bonds is 6. The molecule has 2 aromatic rings. The van der Waals surface area contributed by atoms with Crippen molar-refractivity contribution < 1.29 is 8.42 Å². The van der Waals surface area contributed by atoms with Gasteiger partial charge in [0.1, 0.15) is 0 Å². The predicted molar refractivity (Wildman–Crippen MR) is 75.1 cm³/mol. The Kier molecular flexibility index (Phi) is 4.81. The number of halogens is 1. The molecule has 0 atom stereocenters. The highest BCUT2D eigenvalue weighted by atomic mass is 79.9. The molecule has 108 valence electrons. The molecule has 8 nitrogen and oxygen atoms in total. The molecule has 2 rings (SSSR count). The van der Waals surface area contributed by atoms with E-state index in [1.54, 1.807) is 19.2 Å². The number of sulfonamides is 1. The lowest BCUT2D eigenvalue weighted by atomic mass is 10.2. The summed E-state index contributed by atoms with van der Waals surface area (Å²) in [7, 11) is -1.86. The smallest absolute Gasteiger partial charge is 0.242 e. The number of hydrogen-bond acceptors (Lipinski definition) is 6. The topological polar surface area (TPSA) is 113 Å². The third kappa shape index (κ3) is 3.60. The molecule has 20 heavy (non-hydrogen) atoms. The number of nitrogens with zero attached hydrogens (tertiary/aromatic N) is 3. The van der Waals surface area contributed by atoms with Crippen LogP contribution in [0.25, 0.3) is 0 Å². The lowest BCUT2D eigenvalue weighted by Gasteiger charge is -2.09. The normalized spacial score (nSPS) is 11.7. The molecule has 0 spiro atoms. The fraction of sp³-hybridized carbons (Fsp3) is 0.300. The average molecular weight is 361 g/mol. The van der Waals surface area contributed by atoms with E-state index in [-0.39, 0.29) is 17.3 Å². The zero-order chi connectivity index (χ0) is 14.6. The van der Waals surface area contributed by atoms with Crippen LogP contribution in [0.5, 0.6) is 0 Å². The molecule has 1 aromatic carbocycles. The number of H-pyrrole nitrogens is 1. The minimum atomic E-state index is -3.65. The second-order valence-corrected chi connectivity index (χ2v) is 6.54. The quantitative estimate of drug-likeness (QED) is 0.676. The summed E-state index contributed by atoms with van der Waals surface area (Å²) in [6, 6.07) is 5.16. The third-order valence-corrected chi connectivity index (χ3v) is 4.87. The fourth-order valence-corrected chi connectivity index (χ4v) is 3.55. The van der Waals surface area contributed by atoms with Crippen LogP contribution in [0.2, 0.25) is 0 Å². The van der Waals surface area contributed by atoms with Crippen molar-refractivity contribution >= 4 is 26.0 Å². The van der Waals surface area contributed by atoms with Gasteiger partial charge in [-0.2, -0.15) is 5.21 Å². The van der Waals surface area contributed by atoms with Gasteiger partial charge in [-0.15, -0.1) is 10.2 Å². The van der Waals surface area contributed by atoms with Crippen molar-refractivity contribution in [3.8, 4) is 0 Å². The van der Waals surface area contributed by atoms with Crippen LogP contribution in [-0.2, 0) is 23.1 Å². The number of benzene rings is 1. The van der Waals surface area contributed by atoms with E-state index in [0.29, 0.717) is 11.0 Å². The lowest BCUT2D eigenvalue weighted by Crippen LogP contribution is -2.24. The second kappa shape index (κ2) is 6.39. The van der Waals surface area contributed by atoms with E-state index in [1.165, 1.54) is 0 Å². The monoisotopic (exact) mass is 360 g/mol. The average Bonchev–Trinajstić information content (AvgIpc) is 2.92. The van der Waals surface area contributed by atoms with Gasteiger partial charge in [0.15, 0.2) is 5.82 Å². The molecule has 3 N–H and O–H groups in total. The molecular formula is C10H13BrN6O2S. The van der Waals surface area contributed by atoms with E-state index in [2.05, 4.69) is 46.6 Å². The van der Waals surface area contributed by atoms with Crippen molar-refractivity contribution in [2.45, 2.75) is 18.0 Å². The van der Waals surface area contributed by atoms with Crippen LogP contribution >= 0.6 is 15.9 Å². The molecule has 0 aliphatic carbocycles. The summed E-state index contributed by atoms with van der Waals surface area (Å²) in [6.07, 6.45) is 0. The van der Waals surface area contributed by atoms with Crippen molar-refractivity contribution in [3.05, 3.63) is 34.1 Å². The van der Waals surface area contributed by atoms with Gasteiger partial charge < -0.3 is 5.32 Å². The van der Waals surface area contributed by atoms with Crippen molar-refractivity contribution in [1.29, 1.82) is 0 Å². The van der Waals surface area contributed by atoms with E-state index in [9.17, 15) is 8.42 Å². The standard InChI is InChI=1S/C10H13BrN6O2S/c1-12-5-7-2-3-8(11)9(4-7)20(18,19)13-6-10-14-16-17-15-10/h2-4,12-13H,5-6H2,1H3,(H,14,15,16,17). The molecule has 0 saturated carbocycles. The van der Waals surface area contributed by atoms with Gasteiger partial charge in [0, 0.05) is 11.0 Å². The number of nitrogens with one attached hydrogen (secondary N) is 3. The van der Waals surface area contributed by atoms with Crippen molar-refractivity contribution in [2.75, 3.05) is 7.05 Å². The molecule has 0 saturated heterocycles. The van der Waals surface area contributed by atoms with E-state index in [4.69, 9.17) is 0 Å². The maximum absolute atomic E-state index is 12.3. The van der Waals surface area contributed by atoms with E-state index in [1.807, 2.05) is 6.07 Å². The van der Waals surface area contributed by atoms with E-state index < -0.39 is 10.0 Å². The first-order valence-corrected chi connectivity index (χ1v) is 7.95. The SMILES string of the molecule is CNCc1ccc(Br)c(S(=O)(=O)NCc2nn[nH]n2)c1. The highest BCUT2D eigenvalue weighted by molar-refractivity contribution is 9.10. The summed E-state index contributed by atoms with van der Waals surface area (Å²) in [5, 5.41) is 16.0. The molecule has 0 aliphatic heterocycles. The summed E-state index contributed by atoms with van der Waals surface area (Å²) in [4.78, 5) is 0.175. The number of tetrazole rings is 1. The van der Waals surface area contributed by atoms with Crippen LogP contribution in [0.4, 0.5) is 0 Å². The molecule has 0 amide bonds.